The predicted octanol–water partition coefficient (Wildman–Crippen LogP) is 0.394. The summed E-state index contributed by atoms with van der Waals surface area (Å²) >= 11 is 0. The third kappa shape index (κ3) is 4.50. The topological polar surface area (TPSA) is 184 Å². The number of urea groups is 1. The van der Waals surface area contributed by atoms with Crippen LogP contribution >= 0.6 is 0 Å². The normalized spacial score (nSPS) is 27.1. The SMILES string of the molecule is [N-]=[N+]=NCC1CC2=NC3C(=O)NC(=O)NC3N(CCCCCON)C2=CC1=CN. The van der Waals surface area contributed by atoms with Gasteiger partial charge in [0.15, 0.2) is 6.04 Å². The fourth-order valence-corrected chi connectivity index (χ4v) is 3.85. The van der Waals surface area contributed by atoms with Gasteiger partial charge in [0.2, 0.25) is 0 Å². The number of amides is 3. The molecule has 29 heavy (non-hydrogen) atoms. The molecule has 2 aliphatic heterocycles. The Morgan fingerprint density at radius 1 is 1.41 bits per heavy atom. The maximum absolute atomic E-state index is 12.4. The number of hydrogen-bond acceptors (Lipinski definition) is 8. The highest BCUT2D eigenvalue weighted by Crippen LogP contribution is 2.34. The lowest BCUT2D eigenvalue weighted by Crippen LogP contribution is -2.68. The van der Waals surface area contributed by atoms with Crippen LogP contribution in [0.25, 0.3) is 10.4 Å². The molecule has 0 bridgehead atoms. The highest BCUT2D eigenvalue weighted by Gasteiger charge is 2.45. The second-order valence-corrected chi connectivity index (χ2v) is 7.06. The Labute approximate surface area is 167 Å². The number of allylic oxidation sites excluding steroid dienone is 2. The zero-order valence-electron chi connectivity index (χ0n) is 16.0. The lowest BCUT2D eigenvalue weighted by atomic mass is 9.84. The molecule has 1 aliphatic carbocycles. The largest absolute Gasteiger partial charge is 0.404 e. The second kappa shape index (κ2) is 9.41. The number of aliphatic imine (C=N–C) groups is 1. The standard InChI is InChI=1S/C17H25N9O3/c18-8-10-7-13-12(6-11(10)9-21-25-19)22-14-15(23-17(28)24-16(14)27)26(13)4-2-1-3-5-29-20/h7-8,11,14-15H,1-6,9,18,20H2,(H2,23,24,27,28). The Morgan fingerprint density at radius 2 is 2.24 bits per heavy atom. The Balaban J connectivity index is 1.89. The molecule has 1 saturated heterocycles. The first kappa shape index (κ1) is 20.6. The van der Waals surface area contributed by atoms with Gasteiger partial charge >= 0.3 is 6.03 Å². The van der Waals surface area contributed by atoms with Crippen LogP contribution in [0.5, 0.6) is 0 Å². The first-order valence-electron chi connectivity index (χ1n) is 9.50. The minimum atomic E-state index is -0.740. The van der Waals surface area contributed by atoms with Crippen molar-refractivity contribution in [2.45, 2.75) is 37.9 Å². The minimum Gasteiger partial charge on any atom is -0.404 e. The zero-order valence-corrected chi connectivity index (χ0v) is 16.0. The number of imide groups is 1. The molecule has 0 aromatic rings. The van der Waals surface area contributed by atoms with Crippen molar-refractivity contribution in [3.63, 3.8) is 0 Å². The van der Waals surface area contributed by atoms with E-state index in [9.17, 15) is 9.59 Å². The van der Waals surface area contributed by atoms with E-state index >= 15 is 0 Å². The summed E-state index contributed by atoms with van der Waals surface area (Å²) in [7, 11) is 0. The van der Waals surface area contributed by atoms with Gasteiger partial charge < -0.3 is 20.8 Å². The van der Waals surface area contributed by atoms with Crippen LogP contribution in [0.2, 0.25) is 0 Å². The molecule has 6 N–H and O–H groups in total. The molecular weight excluding hydrogens is 378 g/mol. The van der Waals surface area contributed by atoms with Crippen molar-refractivity contribution in [2.75, 3.05) is 19.7 Å². The van der Waals surface area contributed by atoms with Crippen LogP contribution in [0.4, 0.5) is 4.79 Å². The molecule has 0 aromatic carbocycles. The van der Waals surface area contributed by atoms with Crippen LogP contribution in [-0.2, 0) is 9.63 Å². The summed E-state index contributed by atoms with van der Waals surface area (Å²) < 4.78 is 0. The molecular formula is C17H25N9O3. The fourth-order valence-electron chi connectivity index (χ4n) is 3.85. The third-order valence-electron chi connectivity index (χ3n) is 5.25. The van der Waals surface area contributed by atoms with E-state index < -0.39 is 24.1 Å². The smallest absolute Gasteiger partial charge is 0.323 e. The number of fused-ring (bicyclic) bond motifs is 2. The van der Waals surface area contributed by atoms with Crippen LogP contribution in [0, 0.1) is 5.92 Å². The van der Waals surface area contributed by atoms with E-state index in [1.54, 1.807) is 0 Å². The van der Waals surface area contributed by atoms with Crippen LogP contribution in [0.15, 0.2) is 33.7 Å². The van der Waals surface area contributed by atoms with Gasteiger partial charge in [-0.3, -0.25) is 15.1 Å². The second-order valence-electron chi connectivity index (χ2n) is 7.06. The van der Waals surface area contributed by atoms with Crippen LogP contribution in [0.1, 0.15) is 25.7 Å². The van der Waals surface area contributed by atoms with Gasteiger partial charge in [-0.1, -0.05) is 5.11 Å². The molecule has 12 heteroatoms. The zero-order chi connectivity index (χ0) is 20.8. The molecule has 0 spiro atoms. The Morgan fingerprint density at radius 3 is 2.97 bits per heavy atom. The van der Waals surface area contributed by atoms with Crippen molar-refractivity contribution >= 4 is 17.6 Å². The Kier molecular flexibility index (Phi) is 6.70. The van der Waals surface area contributed by atoms with Crippen molar-refractivity contribution in [2.24, 2.45) is 27.7 Å². The first-order chi connectivity index (χ1) is 14.1. The van der Waals surface area contributed by atoms with Crippen molar-refractivity contribution < 1.29 is 14.4 Å². The summed E-state index contributed by atoms with van der Waals surface area (Å²) in [5, 5.41) is 8.74. The van der Waals surface area contributed by atoms with Gasteiger partial charge in [0.05, 0.1) is 18.0 Å². The molecule has 3 amide bonds. The number of nitrogens with two attached hydrogens (primary N) is 2. The monoisotopic (exact) mass is 403 g/mol. The van der Waals surface area contributed by atoms with E-state index in [1.165, 1.54) is 6.20 Å². The summed E-state index contributed by atoms with van der Waals surface area (Å²) in [6.07, 6.45) is 5.84. The molecule has 156 valence electrons. The summed E-state index contributed by atoms with van der Waals surface area (Å²) in [6, 6.07) is -1.28. The van der Waals surface area contributed by atoms with E-state index in [-0.39, 0.29) is 12.5 Å². The quantitative estimate of drug-likeness (QED) is 0.149. The molecule has 12 nitrogen and oxygen atoms in total. The van der Waals surface area contributed by atoms with E-state index in [0.29, 0.717) is 19.6 Å². The average Bonchev–Trinajstić information content (AvgIpc) is 2.71. The molecule has 2 heterocycles. The highest BCUT2D eigenvalue weighted by molar-refractivity contribution is 6.07. The van der Waals surface area contributed by atoms with Crippen LogP contribution < -0.4 is 22.3 Å². The van der Waals surface area contributed by atoms with Crippen molar-refractivity contribution in [1.29, 1.82) is 0 Å². The van der Waals surface area contributed by atoms with Gasteiger partial charge in [-0.15, -0.1) is 0 Å². The molecule has 0 radical (unpaired) electrons. The number of carbonyl (C=O) groups excluding carboxylic acids is 2. The van der Waals surface area contributed by atoms with Gasteiger partial charge in [0.25, 0.3) is 5.91 Å². The van der Waals surface area contributed by atoms with E-state index in [4.69, 9.17) is 17.2 Å². The molecule has 1 fully saturated rings. The maximum atomic E-state index is 12.4. The van der Waals surface area contributed by atoms with Gasteiger partial charge in [-0.2, -0.15) is 0 Å². The number of azide groups is 1. The number of unbranched alkanes of at least 4 members (excludes halogenated alkanes) is 2. The van der Waals surface area contributed by atoms with Gasteiger partial charge in [0.1, 0.15) is 6.17 Å². The Hall–Kier alpha value is -3.08. The number of nitrogens with one attached hydrogen (secondary N) is 2. The number of carbonyl (C=O) groups is 2. The summed E-state index contributed by atoms with van der Waals surface area (Å²) in [5.41, 5.74) is 16.8. The Bertz CT molecular complexity index is 800. The molecule has 0 aromatic heterocycles. The summed E-state index contributed by atoms with van der Waals surface area (Å²) in [6.45, 7) is 1.34. The number of hydrogen-bond donors (Lipinski definition) is 4. The summed E-state index contributed by atoms with van der Waals surface area (Å²) in [4.78, 5) is 38.3. The van der Waals surface area contributed by atoms with Crippen molar-refractivity contribution in [1.82, 2.24) is 15.5 Å². The average molecular weight is 403 g/mol. The molecule has 3 aliphatic rings. The lowest BCUT2D eigenvalue weighted by molar-refractivity contribution is -0.124. The van der Waals surface area contributed by atoms with Gasteiger partial charge in [-0.05, 0) is 55.0 Å². The minimum absolute atomic E-state index is 0.111. The van der Waals surface area contributed by atoms with E-state index in [2.05, 4.69) is 30.5 Å². The first-order valence-corrected chi connectivity index (χ1v) is 9.50. The maximum Gasteiger partial charge on any atom is 0.323 e. The molecule has 3 atom stereocenters. The third-order valence-corrected chi connectivity index (χ3v) is 5.25. The van der Waals surface area contributed by atoms with Crippen LogP contribution in [-0.4, -0.2) is 54.5 Å². The highest BCUT2D eigenvalue weighted by atomic mass is 16.6. The fraction of sp³-hybridized carbons (Fsp3) is 0.588. The van der Waals surface area contributed by atoms with E-state index in [0.717, 1.165) is 36.2 Å². The number of rotatable bonds is 8. The van der Waals surface area contributed by atoms with Crippen LogP contribution in [0.3, 0.4) is 0 Å². The van der Waals surface area contributed by atoms with Crippen molar-refractivity contribution in [3.05, 3.63) is 34.0 Å². The molecule has 3 unspecified atom stereocenters. The number of nitrogens with zero attached hydrogens (tertiary/aromatic N) is 5. The summed E-state index contributed by atoms with van der Waals surface area (Å²) in [5.74, 6) is 4.52. The molecule has 0 saturated carbocycles. The van der Waals surface area contributed by atoms with Gasteiger partial charge in [0, 0.05) is 18.0 Å². The van der Waals surface area contributed by atoms with E-state index in [1.807, 2.05) is 11.0 Å². The van der Waals surface area contributed by atoms with Crippen molar-refractivity contribution in [3.8, 4) is 0 Å². The lowest BCUT2D eigenvalue weighted by Gasteiger charge is -2.46. The predicted molar refractivity (Wildman–Crippen MR) is 105 cm³/mol. The molecule has 3 rings (SSSR count). The van der Waals surface area contributed by atoms with Gasteiger partial charge in [-0.25, -0.2) is 10.7 Å².